The SMILES string of the molecule is O=C(/C=C/c1ccc([N+](=O)[O-])cc1)Nc1ccc2c(c1)OCC(=O)N2. The number of fused-ring (bicyclic) bond motifs is 1. The predicted molar refractivity (Wildman–Crippen MR) is 91.3 cm³/mol. The zero-order valence-corrected chi connectivity index (χ0v) is 12.9. The van der Waals surface area contributed by atoms with Gasteiger partial charge in [-0.1, -0.05) is 0 Å². The molecule has 0 spiro atoms. The normalized spacial score (nSPS) is 12.9. The van der Waals surface area contributed by atoms with Crippen molar-refractivity contribution in [3.63, 3.8) is 0 Å². The van der Waals surface area contributed by atoms with Crippen molar-refractivity contribution in [1.29, 1.82) is 0 Å². The molecule has 0 saturated carbocycles. The summed E-state index contributed by atoms with van der Waals surface area (Å²) in [4.78, 5) is 33.3. The zero-order chi connectivity index (χ0) is 17.8. The van der Waals surface area contributed by atoms with E-state index in [2.05, 4.69) is 10.6 Å². The average molecular weight is 339 g/mol. The fraction of sp³-hybridized carbons (Fsp3) is 0.0588. The van der Waals surface area contributed by atoms with Gasteiger partial charge in [0, 0.05) is 30.0 Å². The van der Waals surface area contributed by atoms with E-state index in [1.165, 1.54) is 18.2 Å². The summed E-state index contributed by atoms with van der Waals surface area (Å²) in [6.45, 7) is -0.0650. The van der Waals surface area contributed by atoms with Gasteiger partial charge in [0.05, 0.1) is 10.6 Å². The second-order valence-electron chi connectivity index (χ2n) is 5.22. The van der Waals surface area contributed by atoms with Gasteiger partial charge in [-0.3, -0.25) is 19.7 Å². The van der Waals surface area contributed by atoms with E-state index >= 15 is 0 Å². The topological polar surface area (TPSA) is 111 Å². The van der Waals surface area contributed by atoms with E-state index in [1.807, 2.05) is 0 Å². The van der Waals surface area contributed by atoms with Gasteiger partial charge in [-0.05, 0) is 35.9 Å². The Kier molecular flexibility index (Phi) is 4.42. The molecule has 0 fully saturated rings. The second kappa shape index (κ2) is 6.83. The molecule has 2 amide bonds. The molecule has 8 heteroatoms. The number of nitrogens with zero attached hydrogens (tertiary/aromatic N) is 1. The van der Waals surface area contributed by atoms with Crippen molar-refractivity contribution in [3.8, 4) is 5.75 Å². The highest BCUT2D eigenvalue weighted by molar-refractivity contribution is 6.02. The Bertz CT molecular complexity index is 874. The molecule has 0 atom stereocenters. The third-order valence-corrected chi connectivity index (χ3v) is 3.41. The van der Waals surface area contributed by atoms with Gasteiger partial charge in [-0.15, -0.1) is 0 Å². The molecule has 1 heterocycles. The van der Waals surface area contributed by atoms with Crippen molar-refractivity contribution in [2.75, 3.05) is 17.2 Å². The largest absolute Gasteiger partial charge is 0.482 e. The van der Waals surface area contributed by atoms with Crippen LogP contribution < -0.4 is 15.4 Å². The lowest BCUT2D eigenvalue weighted by molar-refractivity contribution is -0.384. The number of nitro groups is 1. The highest BCUT2D eigenvalue weighted by atomic mass is 16.6. The molecule has 25 heavy (non-hydrogen) atoms. The van der Waals surface area contributed by atoms with Crippen LogP contribution in [-0.4, -0.2) is 23.3 Å². The van der Waals surface area contributed by atoms with Gasteiger partial charge in [0.15, 0.2) is 6.61 Å². The molecule has 126 valence electrons. The molecule has 0 unspecified atom stereocenters. The van der Waals surface area contributed by atoms with E-state index in [4.69, 9.17) is 4.74 Å². The van der Waals surface area contributed by atoms with Gasteiger partial charge in [0.1, 0.15) is 5.75 Å². The number of benzene rings is 2. The Morgan fingerprint density at radius 2 is 2.00 bits per heavy atom. The number of hydrogen-bond acceptors (Lipinski definition) is 5. The minimum Gasteiger partial charge on any atom is -0.482 e. The van der Waals surface area contributed by atoms with Crippen molar-refractivity contribution in [1.82, 2.24) is 0 Å². The molecular weight excluding hydrogens is 326 g/mol. The molecule has 0 aliphatic carbocycles. The van der Waals surface area contributed by atoms with Gasteiger partial charge in [-0.25, -0.2) is 0 Å². The molecule has 0 radical (unpaired) electrons. The van der Waals surface area contributed by atoms with E-state index < -0.39 is 4.92 Å². The zero-order valence-electron chi connectivity index (χ0n) is 12.9. The van der Waals surface area contributed by atoms with Crippen LogP contribution in [0.2, 0.25) is 0 Å². The number of amides is 2. The van der Waals surface area contributed by atoms with Crippen LogP contribution in [0.1, 0.15) is 5.56 Å². The van der Waals surface area contributed by atoms with Crippen LogP contribution in [0, 0.1) is 10.1 Å². The van der Waals surface area contributed by atoms with Gasteiger partial charge < -0.3 is 15.4 Å². The third-order valence-electron chi connectivity index (χ3n) is 3.41. The van der Waals surface area contributed by atoms with Crippen molar-refractivity contribution in [3.05, 3.63) is 64.2 Å². The molecule has 0 saturated heterocycles. The Morgan fingerprint density at radius 3 is 2.72 bits per heavy atom. The van der Waals surface area contributed by atoms with Gasteiger partial charge >= 0.3 is 0 Å². The maximum absolute atomic E-state index is 12.0. The molecule has 1 aliphatic heterocycles. The quantitative estimate of drug-likeness (QED) is 0.505. The first-order valence-corrected chi connectivity index (χ1v) is 7.31. The smallest absolute Gasteiger partial charge is 0.269 e. The fourth-order valence-electron chi connectivity index (χ4n) is 2.22. The van der Waals surface area contributed by atoms with Crippen LogP contribution in [-0.2, 0) is 9.59 Å². The number of nitro benzene ring substituents is 1. The highest BCUT2D eigenvalue weighted by Gasteiger charge is 2.16. The van der Waals surface area contributed by atoms with Gasteiger partial charge in [-0.2, -0.15) is 0 Å². The number of anilines is 2. The summed E-state index contributed by atoms with van der Waals surface area (Å²) < 4.78 is 5.28. The Morgan fingerprint density at radius 1 is 1.24 bits per heavy atom. The van der Waals surface area contributed by atoms with E-state index in [0.717, 1.165) is 0 Å². The number of carbonyl (C=O) groups is 2. The second-order valence-corrected chi connectivity index (χ2v) is 5.22. The summed E-state index contributed by atoms with van der Waals surface area (Å²) in [6.07, 6.45) is 2.87. The predicted octanol–water partition coefficient (Wildman–Crippen LogP) is 2.58. The lowest BCUT2D eigenvalue weighted by Crippen LogP contribution is -2.25. The third kappa shape index (κ3) is 3.99. The summed E-state index contributed by atoms with van der Waals surface area (Å²) in [7, 11) is 0. The van der Waals surface area contributed by atoms with E-state index in [-0.39, 0.29) is 24.1 Å². The monoisotopic (exact) mass is 339 g/mol. The first-order chi connectivity index (χ1) is 12.0. The number of nitrogens with one attached hydrogen (secondary N) is 2. The van der Waals surface area contributed by atoms with Crippen molar-refractivity contribution in [2.24, 2.45) is 0 Å². The van der Waals surface area contributed by atoms with Crippen LogP contribution in [0.15, 0.2) is 48.5 Å². The molecule has 2 N–H and O–H groups in total. The molecule has 3 rings (SSSR count). The maximum atomic E-state index is 12.0. The number of non-ortho nitro benzene ring substituents is 1. The summed E-state index contributed by atoms with van der Waals surface area (Å²) in [5, 5.41) is 15.9. The van der Waals surface area contributed by atoms with Crippen LogP contribution in [0.4, 0.5) is 17.1 Å². The van der Waals surface area contributed by atoms with Crippen LogP contribution >= 0.6 is 0 Å². The minimum atomic E-state index is -0.485. The molecule has 2 aromatic rings. The Balaban J connectivity index is 1.64. The lowest BCUT2D eigenvalue weighted by atomic mass is 10.2. The van der Waals surface area contributed by atoms with Crippen molar-refractivity contribution < 1.29 is 19.2 Å². The number of rotatable bonds is 4. The molecule has 8 nitrogen and oxygen atoms in total. The van der Waals surface area contributed by atoms with E-state index in [1.54, 1.807) is 36.4 Å². The van der Waals surface area contributed by atoms with Crippen LogP contribution in [0.3, 0.4) is 0 Å². The molecule has 1 aliphatic rings. The summed E-state index contributed by atoms with van der Waals surface area (Å²) in [6, 6.07) is 10.7. The van der Waals surface area contributed by atoms with Gasteiger partial charge in [0.2, 0.25) is 5.91 Å². The minimum absolute atomic E-state index is 0.0113. The average Bonchev–Trinajstić information content (AvgIpc) is 2.60. The number of hydrogen-bond donors (Lipinski definition) is 2. The Hall–Kier alpha value is -3.68. The summed E-state index contributed by atoms with van der Waals surface area (Å²) in [5.74, 6) is -0.106. The molecular formula is C17H13N3O5. The number of ether oxygens (including phenoxy) is 1. The summed E-state index contributed by atoms with van der Waals surface area (Å²) >= 11 is 0. The van der Waals surface area contributed by atoms with Crippen LogP contribution in [0.25, 0.3) is 6.08 Å². The first-order valence-electron chi connectivity index (χ1n) is 7.31. The molecule has 0 aromatic heterocycles. The van der Waals surface area contributed by atoms with Crippen molar-refractivity contribution >= 4 is 35.0 Å². The molecule has 0 bridgehead atoms. The molecule has 2 aromatic carbocycles. The van der Waals surface area contributed by atoms with Crippen molar-refractivity contribution in [2.45, 2.75) is 0 Å². The first kappa shape index (κ1) is 16.2. The lowest BCUT2D eigenvalue weighted by Gasteiger charge is -2.18. The highest BCUT2D eigenvalue weighted by Crippen LogP contribution is 2.30. The van der Waals surface area contributed by atoms with Gasteiger partial charge in [0.25, 0.3) is 11.6 Å². The standard InChI is InChI=1S/C17H13N3O5/c21-16(8-3-11-1-5-13(6-2-11)20(23)24)18-12-4-7-14-15(9-12)25-10-17(22)19-14/h1-9H,10H2,(H,18,21)(H,19,22)/b8-3+. The number of carbonyl (C=O) groups excluding carboxylic acids is 2. The van der Waals surface area contributed by atoms with E-state index in [0.29, 0.717) is 22.7 Å². The fourth-order valence-corrected chi connectivity index (χ4v) is 2.22. The maximum Gasteiger partial charge on any atom is 0.269 e. The van der Waals surface area contributed by atoms with Crippen LogP contribution in [0.5, 0.6) is 5.75 Å². The summed E-state index contributed by atoms with van der Waals surface area (Å²) in [5.41, 5.74) is 1.73. The van der Waals surface area contributed by atoms with E-state index in [9.17, 15) is 19.7 Å². The Labute approximate surface area is 142 Å².